The van der Waals surface area contributed by atoms with Crippen LogP contribution in [0.1, 0.15) is 48.3 Å². The van der Waals surface area contributed by atoms with Crippen molar-refractivity contribution < 1.29 is 4.79 Å². The molecule has 6 heteroatoms. The van der Waals surface area contributed by atoms with Crippen molar-refractivity contribution in [3.05, 3.63) is 53.9 Å². The number of rotatable bonds is 4. The van der Waals surface area contributed by atoms with Gasteiger partial charge in [0, 0.05) is 25.3 Å². The number of piperidine rings is 1. The molecule has 1 aromatic carbocycles. The van der Waals surface area contributed by atoms with Gasteiger partial charge in [-0.1, -0.05) is 30.3 Å². The molecule has 27 heavy (non-hydrogen) atoms. The van der Waals surface area contributed by atoms with E-state index in [9.17, 15) is 4.79 Å². The molecule has 0 radical (unpaired) electrons. The van der Waals surface area contributed by atoms with Crippen molar-refractivity contribution in [2.24, 2.45) is 5.92 Å². The van der Waals surface area contributed by atoms with Gasteiger partial charge in [0.05, 0.1) is 6.04 Å². The first-order valence-electron chi connectivity index (χ1n) is 9.83. The van der Waals surface area contributed by atoms with Gasteiger partial charge in [-0.15, -0.1) is 12.4 Å². The number of halogens is 1. The Morgan fingerprint density at radius 1 is 1.22 bits per heavy atom. The van der Waals surface area contributed by atoms with Crippen molar-refractivity contribution in [2.75, 3.05) is 19.6 Å². The molecule has 2 aliphatic rings. The second-order valence-electron chi connectivity index (χ2n) is 7.66. The number of amides is 1. The standard InChI is InChI=1S/C21H28N4O.ClH/c1-16-18(14-17-6-3-2-4-7-17)9-12-24(16)21(26)20-10-13-25(23-20)19-8-5-11-22-15-19;/h2-4,6-7,10,13,16,18-19,22H,5,8-9,11-12,14-15H2,1H3;1H. The highest BCUT2D eigenvalue weighted by Gasteiger charge is 2.35. The lowest BCUT2D eigenvalue weighted by Crippen LogP contribution is -2.37. The molecule has 1 N–H and O–H groups in total. The molecule has 0 saturated carbocycles. The highest BCUT2D eigenvalue weighted by Crippen LogP contribution is 2.29. The maximum absolute atomic E-state index is 13.0. The molecule has 0 aliphatic carbocycles. The highest BCUT2D eigenvalue weighted by atomic mass is 35.5. The summed E-state index contributed by atoms with van der Waals surface area (Å²) in [6, 6.07) is 13.1. The Bertz CT molecular complexity index is 742. The number of nitrogens with one attached hydrogen (secondary N) is 1. The highest BCUT2D eigenvalue weighted by molar-refractivity contribution is 5.92. The largest absolute Gasteiger partial charge is 0.334 e. The van der Waals surface area contributed by atoms with Crippen LogP contribution in [0.25, 0.3) is 0 Å². The lowest BCUT2D eigenvalue weighted by atomic mass is 9.93. The third-order valence-corrected chi connectivity index (χ3v) is 5.99. The van der Waals surface area contributed by atoms with E-state index in [0.717, 1.165) is 45.3 Å². The number of nitrogens with zero attached hydrogens (tertiary/aromatic N) is 3. The topological polar surface area (TPSA) is 50.2 Å². The third kappa shape index (κ3) is 4.36. The average Bonchev–Trinajstić information content (AvgIpc) is 3.31. The maximum Gasteiger partial charge on any atom is 0.274 e. The van der Waals surface area contributed by atoms with Crippen LogP contribution in [0.3, 0.4) is 0 Å². The summed E-state index contributed by atoms with van der Waals surface area (Å²) in [7, 11) is 0. The van der Waals surface area contributed by atoms with Gasteiger partial charge >= 0.3 is 0 Å². The minimum Gasteiger partial charge on any atom is -0.334 e. The second kappa shape index (κ2) is 8.89. The summed E-state index contributed by atoms with van der Waals surface area (Å²) >= 11 is 0. The van der Waals surface area contributed by atoms with Gasteiger partial charge in [-0.05, 0) is 56.7 Å². The summed E-state index contributed by atoms with van der Waals surface area (Å²) in [5.74, 6) is 0.599. The lowest BCUT2D eigenvalue weighted by molar-refractivity contribution is 0.0724. The number of carbonyl (C=O) groups is 1. The van der Waals surface area contributed by atoms with Crippen LogP contribution in [0.2, 0.25) is 0 Å². The molecular weight excluding hydrogens is 360 g/mol. The number of hydrogen-bond acceptors (Lipinski definition) is 3. The predicted molar refractivity (Wildman–Crippen MR) is 109 cm³/mol. The fourth-order valence-electron chi connectivity index (χ4n) is 4.34. The van der Waals surface area contributed by atoms with E-state index in [2.05, 4.69) is 47.7 Å². The molecule has 1 aromatic heterocycles. The minimum atomic E-state index is 0. The molecule has 4 rings (SSSR count). The van der Waals surface area contributed by atoms with E-state index in [1.54, 1.807) is 0 Å². The summed E-state index contributed by atoms with van der Waals surface area (Å²) in [4.78, 5) is 15.0. The number of likely N-dealkylation sites (tertiary alicyclic amines) is 1. The van der Waals surface area contributed by atoms with Crippen LogP contribution in [-0.2, 0) is 6.42 Å². The Balaban J connectivity index is 0.00000210. The zero-order chi connectivity index (χ0) is 17.9. The molecule has 3 atom stereocenters. The fraction of sp³-hybridized carbons (Fsp3) is 0.524. The molecule has 146 valence electrons. The quantitative estimate of drug-likeness (QED) is 0.874. The molecule has 2 saturated heterocycles. The molecule has 2 aliphatic heterocycles. The Kier molecular flexibility index (Phi) is 6.55. The van der Waals surface area contributed by atoms with Crippen LogP contribution in [0.15, 0.2) is 42.6 Å². The molecule has 3 unspecified atom stereocenters. The fourth-order valence-corrected chi connectivity index (χ4v) is 4.34. The predicted octanol–water partition coefficient (Wildman–Crippen LogP) is 3.32. The zero-order valence-corrected chi connectivity index (χ0v) is 16.7. The van der Waals surface area contributed by atoms with Gasteiger partial charge in [0.1, 0.15) is 5.69 Å². The van der Waals surface area contributed by atoms with Crippen LogP contribution in [0, 0.1) is 5.92 Å². The van der Waals surface area contributed by atoms with Crippen LogP contribution in [0.4, 0.5) is 0 Å². The van der Waals surface area contributed by atoms with E-state index in [-0.39, 0.29) is 24.4 Å². The SMILES string of the molecule is CC1C(Cc2ccccc2)CCN1C(=O)c1ccn(C2CCCNC2)n1.Cl. The molecule has 5 nitrogen and oxygen atoms in total. The van der Waals surface area contributed by atoms with Crippen molar-refractivity contribution in [3.8, 4) is 0 Å². The second-order valence-corrected chi connectivity index (χ2v) is 7.66. The molecule has 0 bridgehead atoms. The first-order chi connectivity index (χ1) is 12.7. The van der Waals surface area contributed by atoms with Crippen molar-refractivity contribution in [1.82, 2.24) is 20.0 Å². The summed E-state index contributed by atoms with van der Waals surface area (Å²) in [6.45, 7) is 5.03. The van der Waals surface area contributed by atoms with Crippen LogP contribution < -0.4 is 5.32 Å². The first kappa shape index (κ1) is 19.9. The molecule has 1 amide bonds. The van der Waals surface area contributed by atoms with Crippen molar-refractivity contribution in [2.45, 2.75) is 44.7 Å². The Morgan fingerprint density at radius 3 is 2.78 bits per heavy atom. The van der Waals surface area contributed by atoms with Crippen molar-refractivity contribution in [1.29, 1.82) is 0 Å². The van der Waals surface area contributed by atoms with E-state index in [0.29, 0.717) is 17.7 Å². The van der Waals surface area contributed by atoms with Gasteiger partial charge in [-0.25, -0.2) is 0 Å². The van der Waals surface area contributed by atoms with Gasteiger partial charge in [0.2, 0.25) is 0 Å². The van der Waals surface area contributed by atoms with Gasteiger partial charge in [-0.2, -0.15) is 5.10 Å². The van der Waals surface area contributed by atoms with Crippen LogP contribution in [-0.4, -0.2) is 46.3 Å². The maximum atomic E-state index is 13.0. The lowest BCUT2D eigenvalue weighted by Gasteiger charge is -2.25. The molecular formula is C21H29ClN4O. The van der Waals surface area contributed by atoms with E-state index in [1.807, 2.05) is 21.8 Å². The van der Waals surface area contributed by atoms with Crippen molar-refractivity contribution >= 4 is 18.3 Å². The Hall–Kier alpha value is -1.85. The summed E-state index contributed by atoms with van der Waals surface area (Å²) in [5.41, 5.74) is 1.94. The average molecular weight is 389 g/mol. The normalized spacial score (nSPS) is 25.2. The Labute approximate surface area is 167 Å². The number of benzene rings is 1. The van der Waals surface area contributed by atoms with E-state index in [4.69, 9.17) is 0 Å². The van der Waals surface area contributed by atoms with Gasteiger partial charge in [0.25, 0.3) is 5.91 Å². The molecule has 3 heterocycles. The van der Waals surface area contributed by atoms with Gasteiger partial charge in [0.15, 0.2) is 0 Å². The van der Waals surface area contributed by atoms with E-state index < -0.39 is 0 Å². The number of hydrogen-bond donors (Lipinski definition) is 1. The summed E-state index contributed by atoms with van der Waals surface area (Å²) in [6.07, 6.45) is 6.36. The van der Waals surface area contributed by atoms with Crippen LogP contribution >= 0.6 is 12.4 Å². The number of aromatic nitrogens is 2. The molecule has 2 aromatic rings. The monoisotopic (exact) mass is 388 g/mol. The number of carbonyl (C=O) groups excluding carboxylic acids is 1. The van der Waals surface area contributed by atoms with E-state index >= 15 is 0 Å². The first-order valence-corrected chi connectivity index (χ1v) is 9.83. The van der Waals surface area contributed by atoms with Gasteiger partial charge < -0.3 is 10.2 Å². The summed E-state index contributed by atoms with van der Waals surface area (Å²) in [5, 5.41) is 8.01. The Morgan fingerprint density at radius 2 is 2.04 bits per heavy atom. The minimum absolute atomic E-state index is 0. The summed E-state index contributed by atoms with van der Waals surface area (Å²) < 4.78 is 1.97. The van der Waals surface area contributed by atoms with Gasteiger partial charge in [-0.3, -0.25) is 9.48 Å². The van der Waals surface area contributed by atoms with Crippen LogP contribution in [0.5, 0.6) is 0 Å². The third-order valence-electron chi connectivity index (χ3n) is 5.99. The van der Waals surface area contributed by atoms with E-state index in [1.165, 1.54) is 5.56 Å². The molecule has 0 spiro atoms. The smallest absolute Gasteiger partial charge is 0.274 e. The van der Waals surface area contributed by atoms with Crippen molar-refractivity contribution in [3.63, 3.8) is 0 Å². The molecule has 2 fully saturated rings. The zero-order valence-electron chi connectivity index (χ0n) is 15.9.